The molecule has 1 atom stereocenters. The number of carbonyl (C=O) groups is 1. The molecule has 0 bridgehead atoms. The number of nitrogens with one attached hydrogen (secondary N) is 1. The van der Waals surface area contributed by atoms with Gasteiger partial charge in [-0.3, -0.25) is 9.79 Å². The van der Waals surface area contributed by atoms with Gasteiger partial charge >= 0.3 is 0 Å². The lowest BCUT2D eigenvalue weighted by atomic mass is 9.82. The third-order valence-electron chi connectivity index (χ3n) is 4.36. The fourth-order valence-corrected chi connectivity index (χ4v) is 3.85. The SMILES string of the molecule is CCC(O)(CC)C1(C)SC(=NCc2ccccc2F)NC1=O. The second-order valence-electron chi connectivity index (χ2n) is 5.54. The number of benzene rings is 1. The minimum absolute atomic E-state index is 0.155. The Bertz CT molecular complexity index is 602. The van der Waals surface area contributed by atoms with Gasteiger partial charge in [0.05, 0.1) is 12.1 Å². The lowest BCUT2D eigenvalue weighted by Crippen LogP contribution is -2.54. The second kappa shape index (κ2) is 6.38. The van der Waals surface area contributed by atoms with Crippen LogP contribution in [-0.4, -0.2) is 26.5 Å². The normalized spacial score (nSPS) is 23.9. The summed E-state index contributed by atoms with van der Waals surface area (Å²) in [6.07, 6.45) is 0.946. The zero-order valence-electron chi connectivity index (χ0n) is 13.0. The van der Waals surface area contributed by atoms with Crippen LogP contribution in [0.1, 0.15) is 39.2 Å². The van der Waals surface area contributed by atoms with E-state index in [0.717, 1.165) is 0 Å². The van der Waals surface area contributed by atoms with E-state index in [1.165, 1.54) is 17.8 Å². The van der Waals surface area contributed by atoms with Gasteiger partial charge in [-0.05, 0) is 25.8 Å². The molecule has 1 aliphatic heterocycles. The predicted octanol–water partition coefficient (Wildman–Crippen LogP) is 2.85. The average Bonchev–Trinajstić information content (AvgIpc) is 2.82. The minimum Gasteiger partial charge on any atom is -0.388 e. The summed E-state index contributed by atoms with van der Waals surface area (Å²) in [6.45, 7) is 5.60. The van der Waals surface area contributed by atoms with Gasteiger partial charge < -0.3 is 10.4 Å². The highest BCUT2D eigenvalue weighted by molar-refractivity contribution is 8.16. The predicted molar refractivity (Wildman–Crippen MR) is 87.2 cm³/mol. The third-order valence-corrected chi connectivity index (χ3v) is 5.76. The van der Waals surface area contributed by atoms with Gasteiger partial charge in [-0.1, -0.05) is 43.8 Å². The molecule has 1 heterocycles. The summed E-state index contributed by atoms with van der Waals surface area (Å²) in [5, 5.41) is 13.8. The molecule has 1 unspecified atom stereocenters. The smallest absolute Gasteiger partial charge is 0.245 e. The first kappa shape index (κ1) is 17.0. The summed E-state index contributed by atoms with van der Waals surface area (Å²) in [5.74, 6) is -0.571. The summed E-state index contributed by atoms with van der Waals surface area (Å²) < 4.78 is 12.6. The zero-order valence-corrected chi connectivity index (χ0v) is 13.8. The molecular formula is C16H21FN2O2S. The monoisotopic (exact) mass is 324 g/mol. The van der Waals surface area contributed by atoms with Crippen molar-refractivity contribution in [2.75, 3.05) is 0 Å². The number of aliphatic hydroxyl groups is 1. The highest BCUT2D eigenvalue weighted by atomic mass is 32.2. The number of hydrogen-bond donors (Lipinski definition) is 2. The molecule has 0 spiro atoms. The fraction of sp³-hybridized carbons (Fsp3) is 0.500. The first-order valence-corrected chi connectivity index (χ1v) is 8.18. The number of amides is 1. The van der Waals surface area contributed by atoms with Crippen molar-refractivity contribution in [3.05, 3.63) is 35.6 Å². The average molecular weight is 324 g/mol. The van der Waals surface area contributed by atoms with Crippen molar-refractivity contribution in [2.45, 2.75) is 50.5 Å². The molecule has 0 aliphatic carbocycles. The van der Waals surface area contributed by atoms with Crippen molar-refractivity contribution < 1.29 is 14.3 Å². The van der Waals surface area contributed by atoms with E-state index in [0.29, 0.717) is 23.6 Å². The van der Waals surface area contributed by atoms with Crippen LogP contribution >= 0.6 is 11.8 Å². The number of carbonyl (C=O) groups excluding carboxylic acids is 1. The fourth-order valence-electron chi connectivity index (χ4n) is 2.57. The summed E-state index contributed by atoms with van der Waals surface area (Å²) in [7, 11) is 0. The van der Waals surface area contributed by atoms with Crippen molar-refractivity contribution in [2.24, 2.45) is 4.99 Å². The van der Waals surface area contributed by atoms with Crippen LogP contribution in [0.3, 0.4) is 0 Å². The van der Waals surface area contributed by atoms with E-state index in [9.17, 15) is 14.3 Å². The van der Waals surface area contributed by atoms with E-state index < -0.39 is 10.3 Å². The molecule has 2 rings (SSSR count). The number of rotatable bonds is 5. The summed E-state index contributed by atoms with van der Waals surface area (Å²) in [5.41, 5.74) is -0.628. The van der Waals surface area contributed by atoms with E-state index >= 15 is 0 Å². The minimum atomic E-state index is -1.10. The highest BCUT2D eigenvalue weighted by Crippen LogP contribution is 2.44. The Morgan fingerprint density at radius 1 is 1.36 bits per heavy atom. The molecule has 120 valence electrons. The van der Waals surface area contributed by atoms with E-state index in [-0.39, 0.29) is 18.3 Å². The molecule has 0 saturated carbocycles. The topological polar surface area (TPSA) is 61.7 Å². The van der Waals surface area contributed by atoms with E-state index in [1.807, 2.05) is 13.8 Å². The molecule has 1 saturated heterocycles. The molecule has 6 heteroatoms. The maximum atomic E-state index is 13.6. The number of amidine groups is 1. The Labute approximate surface area is 134 Å². The number of hydrogen-bond acceptors (Lipinski definition) is 4. The number of nitrogens with zero attached hydrogens (tertiary/aromatic N) is 1. The van der Waals surface area contributed by atoms with Gasteiger partial charge in [-0.15, -0.1) is 0 Å². The van der Waals surface area contributed by atoms with E-state index in [2.05, 4.69) is 10.3 Å². The Morgan fingerprint density at radius 2 is 2.00 bits per heavy atom. The van der Waals surface area contributed by atoms with Crippen molar-refractivity contribution in [3.63, 3.8) is 0 Å². The molecule has 1 amide bonds. The van der Waals surface area contributed by atoms with Crippen LogP contribution in [0.2, 0.25) is 0 Å². The molecule has 22 heavy (non-hydrogen) atoms. The summed E-state index contributed by atoms with van der Waals surface area (Å²) in [6, 6.07) is 6.41. The van der Waals surface area contributed by atoms with Gasteiger partial charge in [0, 0.05) is 5.56 Å². The van der Waals surface area contributed by atoms with Crippen LogP contribution in [0.15, 0.2) is 29.3 Å². The van der Waals surface area contributed by atoms with Crippen LogP contribution in [0, 0.1) is 5.82 Å². The van der Waals surface area contributed by atoms with Crippen LogP contribution in [0.25, 0.3) is 0 Å². The van der Waals surface area contributed by atoms with Gasteiger partial charge in [0.2, 0.25) is 5.91 Å². The van der Waals surface area contributed by atoms with Crippen LogP contribution in [0.4, 0.5) is 4.39 Å². The highest BCUT2D eigenvalue weighted by Gasteiger charge is 2.55. The van der Waals surface area contributed by atoms with Gasteiger partial charge in [0.25, 0.3) is 0 Å². The summed E-state index contributed by atoms with van der Waals surface area (Å²) in [4.78, 5) is 16.6. The standard InChI is InChI=1S/C16H21FN2O2S/c1-4-16(21,5-2)15(3)13(20)19-14(22-15)18-10-11-8-6-7-9-12(11)17/h6-9,21H,4-5,10H2,1-3H3,(H,18,19,20). The first-order chi connectivity index (χ1) is 10.4. The molecule has 1 aromatic rings. The van der Waals surface area contributed by atoms with Crippen LogP contribution < -0.4 is 5.32 Å². The van der Waals surface area contributed by atoms with Crippen molar-refractivity contribution >= 4 is 22.8 Å². The number of thioether (sulfide) groups is 1. The van der Waals surface area contributed by atoms with Gasteiger partial charge in [0.1, 0.15) is 10.6 Å². The Balaban J connectivity index is 2.19. The van der Waals surface area contributed by atoms with Crippen molar-refractivity contribution in [1.29, 1.82) is 0 Å². The van der Waals surface area contributed by atoms with E-state index in [4.69, 9.17) is 0 Å². The maximum Gasteiger partial charge on any atom is 0.245 e. The summed E-state index contributed by atoms with van der Waals surface area (Å²) >= 11 is 1.22. The Kier molecular flexibility index (Phi) is 4.92. The zero-order chi connectivity index (χ0) is 16.4. The van der Waals surface area contributed by atoms with Crippen LogP contribution in [0.5, 0.6) is 0 Å². The van der Waals surface area contributed by atoms with Gasteiger partial charge in [-0.2, -0.15) is 0 Å². The Morgan fingerprint density at radius 3 is 2.59 bits per heavy atom. The lowest BCUT2D eigenvalue weighted by molar-refractivity contribution is -0.128. The lowest BCUT2D eigenvalue weighted by Gasteiger charge is -2.37. The van der Waals surface area contributed by atoms with Crippen LogP contribution in [-0.2, 0) is 11.3 Å². The molecule has 0 radical (unpaired) electrons. The molecule has 1 fully saturated rings. The number of aliphatic imine (C=N–C) groups is 1. The molecule has 2 N–H and O–H groups in total. The molecular weight excluding hydrogens is 303 g/mol. The molecule has 1 aliphatic rings. The first-order valence-electron chi connectivity index (χ1n) is 7.37. The molecule has 1 aromatic carbocycles. The van der Waals surface area contributed by atoms with Crippen molar-refractivity contribution in [1.82, 2.24) is 5.32 Å². The third kappa shape index (κ3) is 2.90. The molecule has 4 nitrogen and oxygen atoms in total. The molecule has 0 aromatic heterocycles. The second-order valence-corrected chi connectivity index (χ2v) is 6.95. The van der Waals surface area contributed by atoms with Gasteiger partial charge in [-0.25, -0.2) is 4.39 Å². The van der Waals surface area contributed by atoms with E-state index in [1.54, 1.807) is 25.1 Å². The maximum absolute atomic E-state index is 13.6. The van der Waals surface area contributed by atoms with Gasteiger partial charge in [0.15, 0.2) is 5.17 Å². The number of halogens is 1. The largest absolute Gasteiger partial charge is 0.388 e. The van der Waals surface area contributed by atoms with Crippen molar-refractivity contribution in [3.8, 4) is 0 Å². The quantitative estimate of drug-likeness (QED) is 0.875. The Hall–Kier alpha value is -1.40.